The van der Waals surface area contributed by atoms with Crippen molar-refractivity contribution in [2.24, 2.45) is 5.73 Å². The van der Waals surface area contributed by atoms with Gasteiger partial charge in [-0.15, -0.1) is 0 Å². The maximum atomic E-state index is 13.2. The van der Waals surface area contributed by atoms with E-state index in [1.165, 1.54) is 6.20 Å². The largest absolute Gasteiger partial charge is 0.397 e. The highest BCUT2D eigenvalue weighted by molar-refractivity contribution is 6.33. The zero-order valence-electron chi connectivity index (χ0n) is 17.0. The maximum absolute atomic E-state index is 13.2. The zero-order chi connectivity index (χ0) is 22.0. The Kier molecular flexibility index (Phi) is 6.01. The quantitative estimate of drug-likeness (QED) is 0.518. The second-order valence-corrected chi connectivity index (χ2v) is 8.08. The highest BCUT2D eigenvalue weighted by Crippen LogP contribution is 2.29. The fourth-order valence-electron chi connectivity index (χ4n) is 3.83. The van der Waals surface area contributed by atoms with Crippen LogP contribution in [0, 0.1) is 0 Å². The van der Waals surface area contributed by atoms with Gasteiger partial charge in [0, 0.05) is 61.0 Å². The van der Waals surface area contributed by atoms with E-state index < -0.39 is 0 Å². The number of piperidine rings is 1. The van der Waals surface area contributed by atoms with E-state index in [9.17, 15) is 4.79 Å². The summed E-state index contributed by atoms with van der Waals surface area (Å²) in [6.07, 6.45) is 7.13. The van der Waals surface area contributed by atoms with Gasteiger partial charge in [0.15, 0.2) is 5.78 Å². The van der Waals surface area contributed by atoms with E-state index in [0.29, 0.717) is 27.8 Å². The highest BCUT2D eigenvalue weighted by atomic mass is 35.5. The molecule has 8 nitrogen and oxygen atoms in total. The Morgan fingerprint density at radius 3 is 2.84 bits per heavy atom. The van der Waals surface area contributed by atoms with Gasteiger partial charge in [-0.2, -0.15) is 0 Å². The monoisotopic (exact) mass is 437 g/mol. The number of carbonyl (C=O) groups is 1. The molecule has 0 aromatic carbocycles. The number of ketones is 1. The summed E-state index contributed by atoms with van der Waals surface area (Å²) in [6.45, 7) is 1.65. The van der Waals surface area contributed by atoms with Gasteiger partial charge in [-0.1, -0.05) is 11.6 Å². The molecule has 0 spiro atoms. The summed E-state index contributed by atoms with van der Waals surface area (Å²) in [6, 6.07) is 6.94. The minimum Gasteiger partial charge on any atom is -0.397 e. The highest BCUT2D eigenvalue weighted by Gasteiger charge is 2.22. The van der Waals surface area contributed by atoms with Crippen LogP contribution in [0.5, 0.6) is 0 Å². The summed E-state index contributed by atoms with van der Waals surface area (Å²) >= 11 is 6.28. The van der Waals surface area contributed by atoms with E-state index in [4.69, 9.17) is 28.8 Å². The fourth-order valence-corrected chi connectivity index (χ4v) is 4.08. The third-order valence-corrected chi connectivity index (χ3v) is 5.68. The molecule has 4 heterocycles. The van der Waals surface area contributed by atoms with Gasteiger partial charge in [-0.25, -0.2) is 9.97 Å². The number of anilines is 3. The first kappa shape index (κ1) is 21.0. The second-order valence-electron chi connectivity index (χ2n) is 7.68. The lowest BCUT2D eigenvalue weighted by Crippen LogP contribution is -2.43. The third kappa shape index (κ3) is 4.60. The van der Waals surface area contributed by atoms with Gasteiger partial charge in [-0.3, -0.25) is 9.78 Å². The van der Waals surface area contributed by atoms with Crippen molar-refractivity contribution in [3.8, 4) is 11.3 Å². The molecule has 0 saturated carbocycles. The molecule has 3 aromatic rings. The second kappa shape index (κ2) is 8.87. The molecule has 0 radical (unpaired) electrons. The molecule has 1 aliphatic rings. The lowest BCUT2D eigenvalue weighted by atomic mass is 10.0. The minimum absolute atomic E-state index is 0.123. The molecule has 9 heteroatoms. The summed E-state index contributed by atoms with van der Waals surface area (Å²) in [5.41, 5.74) is 21.3. The Morgan fingerprint density at radius 1 is 1.23 bits per heavy atom. The number of nitrogen functional groups attached to an aromatic ring is 2. The van der Waals surface area contributed by atoms with E-state index in [0.717, 1.165) is 37.2 Å². The first-order valence-electron chi connectivity index (χ1n) is 10.1. The Morgan fingerprint density at radius 2 is 2.06 bits per heavy atom. The fraction of sp³-hybridized carbons (Fsp3) is 0.273. The van der Waals surface area contributed by atoms with Crippen LogP contribution in [0.25, 0.3) is 11.3 Å². The van der Waals surface area contributed by atoms with Gasteiger partial charge in [0.25, 0.3) is 0 Å². The number of pyridine rings is 3. The van der Waals surface area contributed by atoms with Crippen LogP contribution in [0.2, 0.25) is 5.02 Å². The van der Waals surface area contributed by atoms with Crippen molar-refractivity contribution in [3.63, 3.8) is 0 Å². The maximum Gasteiger partial charge on any atom is 0.187 e. The normalized spacial score (nSPS) is 16.3. The summed E-state index contributed by atoms with van der Waals surface area (Å²) in [7, 11) is 0. The molecule has 1 fully saturated rings. The number of nitrogens with zero attached hydrogens (tertiary/aromatic N) is 4. The molecular weight excluding hydrogens is 414 g/mol. The third-order valence-electron chi connectivity index (χ3n) is 5.37. The van der Waals surface area contributed by atoms with Crippen molar-refractivity contribution in [1.29, 1.82) is 0 Å². The summed E-state index contributed by atoms with van der Waals surface area (Å²) < 4.78 is 0. The number of Topliss-reactive ketones (excluding diaryl/α,β-unsaturated/α-hetero) is 1. The summed E-state index contributed by atoms with van der Waals surface area (Å²) in [5.74, 6) is 0.108. The number of carbonyl (C=O) groups excluding carboxylic acids is 1. The van der Waals surface area contributed by atoms with E-state index >= 15 is 0 Å². The van der Waals surface area contributed by atoms with E-state index in [1.54, 1.807) is 30.6 Å². The molecule has 0 bridgehead atoms. The van der Waals surface area contributed by atoms with Gasteiger partial charge >= 0.3 is 0 Å². The van der Waals surface area contributed by atoms with Crippen molar-refractivity contribution in [2.45, 2.75) is 25.3 Å². The van der Waals surface area contributed by atoms with Gasteiger partial charge < -0.3 is 22.1 Å². The number of halogens is 1. The van der Waals surface area contributed by atoms with Crippen LogP contribution in [-0.4, -0.2) is 39.9 Å². The average Bonchev–Trinajstić information content (AvgIpc) is 2.75. The number of hydrogen-bond acceptors (Lipinski definition) is 8. The summed E-state index contributed by atoms with van der Waals surface area (Å²) in [5, 5.41) is 0.402. The Bertz CT molecular complexity index is 1120. The molecule has 1 atom stereocenters. The molecule has 160 valence electrons. The lowest BCUT2D eigenvalue weighted by molar-refractivity contribution is 0.0989. The predicted molar refractivity (Wildman–Crippen MR) is 123 cm³/mol. The molecule has 31 heavy (non-hydrogen) atoms. The topological polar surface area (TPSA) is 137 Å². The van der Waals surface area contributed by atoms with Crippen LogP contribution in [0.3, 0.4) is 0 Å². The number of rotatable bonds is 5. The van der Waals surface area contributed by atoms with Crippen LogP contribution in [0.15, 0.2) is 42.9 Å². The number of aromatic nitrogens is 3. The predicted octanol–water partition coefficient (Wildman–Crippen LogP) is 2.71. The van der Waals surface area contributed by atoms with Gasteiger partial charge in [0.05, 0.1) is 16.4 Å². The van der Waals surface area contributed by atoms with Gasteiger partial charge in [-0.05, 0) is 37.1 Å². The number of nitrogens with two attached hydrogens (primary N) is 3. The molecule has 4 rings (SSSR count). The Balaban J connectivity index is 1.63. The van der Waals surface area contributed by atoms with Crippen molar-refractivity contribution in [1.82, 2.24) is 15.0 Å². The molecule has 1 saturated heterocycles. The molecule has 6 N–H and O–H groups in total. The molecule has 1 aliphatic heterocycles. The van der Waals surface area contributed by atoms with Gasteiger partial charge in [0.1, 0.15) is 11.5 Å². The van der Waals surface area contributed by atoms with Crippen LogP contribution in [0.4, 0.5) is 17.2 Å². The van der Waals surface area contributed by atoms with E-state index in [1.807, 2.05) is 6.07 Å². The standard InChI is InChI=1S/C22H24ClN7O/c23-16-9-21(26)28-11-15(16)18-4-3-17(25)22(29-18)20(31)8-13-10-27-6-5-19(13)30-7-1-2-14(24)12-30/h3-6,9-11,14H,1-2,7-8,12,24-25H2,(H2,26,28)/t14-/m0/s1. The smallest absolute Gasteiger partial charge is 0.187 e. The number of hydrogen-bond donors (Lipinski definition) is 3. The molecule has 0 aliphatic carbocycles. The van der Waals surface area contributed by atoms with Crippen molar-refractivity contribution < 1.29 is 4.79 Å². The zero-order valence-corrected chi connectivity index (χ0v) is 17.7. The van der Waals surface area contributed by atoms with Crippen LogP contribution >= 0.6 is 11.6 Å². The molecule has 0 unspecified atom stereocenters. The van der Waals surface area contributed by atoms with Gasteiger partial charge in [0.2, 0.25) is 0 Å². The molecule has 3 aromatic heterocycles. The SMILES string of the molecule is Nc1cc(Cl)c(-c2ccc(N)c(C(=O)Cc3cnccc3N3CCC[C@H](N)C3)n2)cn1. The van der Waals surface area contributed by atoms with Crippen molar-refractivity contribution in [2.75, 3.05) is 29.5 Å². The first-order valence-corrected chi connectivity index (χ1v) is 10.4. The van der Waals surface area contributed by atoms with Crippen molar-refractivity contribution in [3.05, 3.63) is 59.1 Å². The van der Waals surface area contributed by atoms with Crippen LogP contribution in [-0.2, 0) is 6.42 Å². The first-order chi connectivity index (χ1) is 14.9. The van der Waals surface area contributed by atoms with E-state index in [-0.39, 0.29) is 23.9 Å². The molecular formula is C22H24ClN7O. The van der Waals surface area contributed by atoms with Crippen LogP contribution in [0.1, 0.15) is 28.9 Å². The van der Waals surface area contributed by atoms with Crippen LogP contribution < -0.4 is 22.1 Å². The lowest BCUT2D eigenvalue weighted by Gasteiger charge is -2.33. The minimum atomic E-state index is -0.200. The summed E-state index contributed by atoms with van der Waals surface area (Å²) in [4.78, 5) is 28.2. The Labute approximate surface area is 185 Å². The molecule has 0 amide bonds. The van der Waals surface area contributed by atoms with E-state index in [2.05, 4.69) is 19.9 Å². The van der Waals surface area contributed by atoms with Crippen molar-refractivity contribution >= 4 is 34.6 Å². The average molecular weight is 438 g/mol. The Hall–Kier alpha value is -3.23.